The number of hydrogen-bond donors (Lipinski definition) is 2. The third-order valence-electron chi connectivity index (χ3n) is 3.03. The molecule has 1 aromatic heterocycles. The lowest BCUT2D eigenvalue weighted by Crippen LogP contribution is -2.23. The number of rotatable bonds is 8. The summed E-state index contributed by atoms with van der Waals surface area (Å²) in [6.45, 7) is 1.62. The molecule has 1 aromatic carbocycles. The van der Waals surface area contributed by atoms with Gasteiger partial charge in [-0.05, 0) is 19.1 Å². The summed E-state index contributed by atoms with van der Waals surface area (Å²) in [4.78, 5) is 33.1. The highest BCUT2D eigenvalue weighted by molar-refractivity contribution is 5.95. The number of benzene rings is 1. The Hall–Kier alpha value is -3.50. The van der Waals surface area contributed by atoms with Gasteiger partial charge in [-0.15, -0.1) is 5.10 Å². The molecule has 1 heterocycles. The number of amides is 1. The molecular formula is C14H15N5O6. The monoisotopic (exact) mass is 349 g/mol. The Morgan fingerprint density at radius 1 is 1.44 bits per heavy atom. The molecule has 11 heteroatoms. The molecule has 0 aliphatic rings. The first kappa shape index (κ1) is 17.8. The van der Waals surface area contributed by atoms with Crippen LogP contribution in [0, 0.1) is 10.1 Å². The maximum absolute atomic E-state index is 12.1. The van der Waals surface area contributed by atoms with Gasteiger partial charge in [0.2, 0.25) is 0 Å². The van der Waals surface area contributed by atoms with E-state index in [1.807, 2.05) is 0 Å². The number of nitro groups is 1. The maximum Gasteiger partial charge on any atom is 0.325 e. The minimum atomic E-state index is -1.07. The van der Waals surface area contributed by atoms with Crippen LogP contribution in [-0.4, -0.2) is 43.5 Å². The smallest absolute Gasteiger partial charge is 0.325 e. The van der Waals surface area contributed by atoms with E-state index in [0.717, 1.165) is 10.7 Å². The SMILES string of the molecule is CCOc1ccc(C(=O)NCc2cn(CC(=O)O)nn2)cc1[N+](=O)[O-]. The van der Waals surface area contributed by atoms with Crippen molar-refractivity contribution in [2.45, 2.75) is 20.0 Å². The molecular weight excluding hydrogens is 334 g/mol. The Labute approximate surface area is 141 Å². The van der Waals surface area contributed by atoms with Gasteiger partial charge in [0.25, 0.3) is 5.91 Å². The van der Waals surface area contributed by atoms with Crippen molar-refractivity contribution in [2.75, 3.05) is 6.61 Å². The number of aromatic nitrogens is 3. The molecule has 2 N–H and O–H groups in total. The number of ether oxygens (including phenoxy) is 1. The second kappa shape index (κ2) is 7.86. The van der Waals surface area contributed by atoms with E-state index in [1.165, 1.54) is 18.3 Å². The summed E-state index contributed by atoms with van der Waals surface area (Å²) in [7, 11) is 0. The standard InChI is InChI=1S/C14H15N5O6/c1-2-25-12-4-3-9(5-11(12)19(23)24)14(22)15-6-10-7-18(17-16-10)8-13(20)21/h3-5,7H,2,6,8H2,1H3,(H,15,22)(H,20,21). The number of carboxylic acid groups (broad SMARTS) is 1. The Bertz CT molecular complexity index is 803. The molecule has 0 atom stereocenters. The van der Waals surface area contributed by atoms with Crippen LogP contribution in [0.5, 0.6) is 5.75 Å². The molecule has 0 radical (unpaired) electrons. The zero-order valence-electron chi connectivity index (χ0n) is 13.2. The number of nitrogens with zero attached hydrogens (tertiary/aromatic N) is 4. The maximum atomic E-state index is 12.1. The van der Waals surface area contributed by atoms with Crippen LogP contribution in [-0.2, 0) is 17.9 Å². The van der Waals surface area contributed by atoms with Crippen molar-refractivity contribution in [3.05, 3.63) is 45.8 Å². The number of nitrogens with one attached hydrogen (secondary N) is 1. The molecule has 25 heavy (non-hydrogen) atoms. The Balaban J connectivity index is 2.05. The normalized spacial score (nSPS) is 10.3. The summed E-state index contributed by atoms with van der Waals surface area (Å²) in [5, 5.41) is 29.6. The number of carbonyl (C=O) groups is 2. The summed E-state index contributed by atoms with van der Waals surface area (Å²) in [5.41, 5.74) is 0.144. The molecule has 0 unspecified atom stereocenters. The first-order valence-electron chi connectivity index (χ1n) is 7.21. The molecule has 132 valence electrons. The molecule has 0 aliphatic heterocycles. The van der Waals surface area contributed by atoms with Crippen molar-refractivity contribution < 1.29 is 24.4 Å². The number of hydrogen-bond acceptors (Lipinski definition) is 7. The van der Waals surface area contributed by atoms with Crippen LogP contribution in [0.4, 0.5) is 5.69 Å². The fourth-order valence-electron chi connectivity index (χ4n) is 1.99. The van der Waals surface area contributed by atoms with Gasteiger partial charge in [-0.2, -0.15) is 0 Å². The van der Waals surface area contributed by atoms with E-state index in [4.69, 9.17) is 9.84 Å². The van der Waals surface area contributed by atoms with Gasteiger partial charge in [-0.3, -0.25) is 19.7 Å². The van der Waals surface area contributed by atoms with Gasteiger partial charge in [-0.25, -0.2) is 4.68 Å². The summed E-state index contributed by atoms with van der Waals surface area (Å²) >= 11 is 0. The van der Waals surface area contributed by atoms with E-state index in [-0.39, 0.29) is 36.7 Å². The van der Waals surface area contributed by atoms with Crippen molar-refractivity contribution in [1.82, 2.24) is 20.3 Å². The minimum absolute atomic E-state index is 0.000534. The van der Waals surface area contributed by atoms with Crippen molar-refractivity contribution >= 4 is 17.6 Å². The van der Waals surface area contributed by atoms with Gasteiger partial charge in [0.1, 0.15) is 12.2 Å². The average molecular weight is 349 g/mol. The summed E-state index contributed by atoms with van der Waals surface area (Å²) in [6.07, 6.45) is 1.38. The zero-order chi connectivity index (χ0) is 18.4. The zero-order valence-corrected chi connectivity index (χ0v) is 13.2. The lowest BCUT2D eigenvalue weighted by molar-refractivity contribution is -0.385. The second-order valence-electron chi connectivity index (χ2n) is 4.86. The minimum Gasteiger partial charge on any atom is -0.487 e. The molecule has 0 saturated carbocycles. The van der Waals surface area contributed by atoms with Crippen LogP contribution in [0.25, 0.3) is 0 Å². The van der Waals surface area contributed by atoms with Crippen LogP contribution in [0.2, 0.25) is 0 Å². The molecule has 0 spiro atoms. The predicted molar refractivity (Wildman–Crippen MR) is 83.1 cm³/mol. The van der Waals surface area contributed by atoms with E-state index in [0.29, 0.717) is 5.69 Å². The predicted octanol–water partition coefficient (Wildman–Crippen LogP) is 0.600. The molecule has 0 bridgehead atoms. The van der Waals surface area contributed by atoms with Gasteiger partial charge in [0.15, 0.2) is 5.75 Å². The highest BCUT2D eigenvalue weighted by Crippen LogP contribution is 2.27. The molecule has 0 saturated heterocycles. The van der Waals surface area contributed by atoms with Crippen molar-refractivity contribution in [3.8, 4) is 5.75 Å². The Kier molecular flexibility index (Phi) is 5.61. The summed E-state index contributed by atoms with van der Waals surface area (Å²) in [6, 6.07) is 3.90. The van der Waals surface area contributed by atoms with Crippen LogP contribution in [0.3, 0.4) is 0 Å². The van der Waals surface area contributed by atoms with Crippen molar-refractivity contribution in [2.24, 2.45) is 0 Å². The topological polar surface area (TPSA) is 149 Å². The largest absolute Gasteiger partial charge is 0.487 e. The van der Waals surface area contributed by atoms with E-state index >= 15 is 0 Å². The fraction of sp³-hybridized carbons (Fsp3) is 0.286. The molecule has 2 rings (SSSR count). The molecule has 0 aliphatic carbocycles. The Morgan fingerprint density at radius 2 is 2.20 bits per heavy atom. The van der Waals surface area contributed by atoms with Gasteiger partial charge in [0, 0.05) is 11.6 Å². The highest BCUT2D eigenvalue weighted by Gasteiger charge is 2.18. The quantitative estimate of drug-likeness (QED) is 0.519. The summed E-state index contributed by atoms with van der Waals surface area (Å²) in [5.74, 6) is -1.53. The molecule has 11 nitrogen and oxygen atoms in total. The number of carboxylic acids is 1. The highest BCUT2D eigenvalue weighted by atomic mass is 16.6. The molecule has 1 amide bonds. The fourth-order valence-corrected chi connectivity index (χ4v) is 1.99. The van der Waals surface area contributed by atoms with Crippen LogP contribution in [0.15, 0.2) is 24.4 Å². The van der Waals surface area contributed by atoms with E-state index in [9.17, 15) is 19.7 Å². The van der Waals surface area contributed by atoms with Crippen molar-refractivity contribution in [3.63, 3.8) is 0 Å². The first-order chi connectivity index (χ1) is 11.9. The van der Waals surface area contributed by atoms with E-state index in [1.54, 1.807) is 6.92 Å². The summed E-state index contributed by atoms with van der Waals surface area (Å²) < 4.78 is 6.27. The number of aliphatic carboxylic acids is 1. The second-order valence-corrected chi connectivity index (χ2v) is 4.86. The molecule has 2 aromatic rings. The molecule has 0 fully saturated rings. The van der Waals surface area contributed by atoms with E-state index < -0.39 is 16.8 Å². The van der Waals surface area contributed by atoms with Gasteiger partial charge in [-0.1, -0.05) is 5.21 Å². The van der Waals surface area contributed by atoms with Crippen LogP contribution < -0.4 is 10.1 Å². The average Bonchev–Trinajstić information content (AvgIpc) is 2.99. The van der Waals surface area contributed by atoms with Crippen molar-refractivity contribution in [1.29, 1.82) is 0 Å². The lowest BCUT2D eigenvalue weighted by atomic mass is 10.1. The third-order valence-corrected chi connectivity index (χ3v) is 3.03. The lowest BCUT2D eigenvalue weighted by Gasteiger charge is -2.07. The number of carbonyl (C=O) groups excluding carboxylic acids is 1. The van der Waals surface area contributed by atoms with E-state index in [2.05, 4.69) is 15.6 Å². The van der Waals surface area contributed by atoms with Gasteiger partial charge >= 0.3 is 11.7 Å². The Morgan fingerprint density at radius 3 is 2.84 bits per heavy atom. The van der Waals surface area contributed by atoms with Crippen LogP contribution in [0.1, 0.15) is 23.0 Å². The number of nitro benzene ring substituents is 1. The third kappa shape index (κ3) is 4.73. The van der Waals surface area contributed by atoms with Crippen LogP contribution >= 0.6 is 0 Å². The van der Waals surface area contributed by atoms with Gasteiger partial charge < -0.3 is 15.2 Å². The first-order valence-corrected chi connectivity index (χ1v) is 7.21. The van der Waals surface area contributed by atoms with Gasteiger partial charge in [0.05, 0.1) is 24.3 Å².